The highest BCUT2D eigenvalue weighted by molar-refractivity contribution is 9.10. The second-order valence-electron chi connectivity index (χ2n) is 5.15. The highest BCUT2D eigenvalue weighted by atomic mass is 79.9. The van der Waals surface area contributed by atoms with Gasteiger partial charge in [-0.05, 0) is 48.9 Å². The lowest BCUT2D eigenvalue weighted by molar-refractivity contribution is -0.124. The normalized spacial score (nSPS) is 11.5. The van der Waals surface area contributed by atoms with Crippen molar-refractivity contribution in [2.45, 2.75) is 13.0 Å². The van der Waals surface area contributed by atoms with Crippen molar-refractivity contribution in [3.05, 3.63) is 64.1 Å². The maximum Gasteiger partial charge on any atom is 0.338 e. The number of amides is 1. The molecule has 2 aromatic carbocycles. The van der Waals surface area contributed by atoms with Crippen LogP contribution in [-0.2, 0) is 9.53 Å². The van der Waals surface area contributed by atoms with E-state index in [1.54, 1.807) is 31.4 Å². The molecular formula is C18H18BrNO4. The van der Waals surface area contributed by atoms with Gasteiger partial charge in [0.25, 0.3) is 5.91 Å². The van der Waals surface area contributed by atoms with Gasteiger partial charge in [-0.15, -0.1) is 0 Å². The van der Waals surface area contributed by atoms with Gasteiger partial charge in [-0.25, -0.2) is 4.79 Å². The minimum atomic E-state index is -0.533. The minimum Gasteiger partial charge on any atom is -0.497 e. The third kappa shape index (κ3) is 5.09. The van der Waals surface area contributed by atoms with Crippen LogP contribution >= 0.6 is 15.9 Å². The molecular weight excluding hydrogens is 374 g/mol. The fourth-order valence-corrected chi connectivity index (χ4v) is 2.32. The number of rotatable bonds is 6. The average molecular weight is 392 g/mol. The van der Waals surface area contributed by atoms with Crippen molar-refractivity contribution in [1.82, 2.24) is 5.32 Å². The van der Waals surface area contributed by atoms with Crippen molar-refractivity contribution >= 4 is 27.8 Å². The van der Waals surface area contributed by atoms with E-state index in [2.05, 4.69) is 21.2 Å². The Bertz CT molecular complexity index is 698. The van der Waals surface area contributed by atoms with Crippen LogP contribution in [0.25, 0.3) is 0 Å². The highest BCUT2D eigenvalue weighted by Crippen LogP contribution is 2.17. The molecule has 1 amide bonds. The Labute approximate surface area is 149 Å². The third-order valence-electron chi connectivity index (χ3n) is 3.41. The summed E-state index contributed by atoms with van der Waals surface area (Å²) in [6.07, 6.45) is 0. The molecule has 2 aromatic rings. The van der Waals surface area contributed by atoms with Gasteiger partial charge in [0.15, 0.2) is 6.61 Å². The van der Waals surface area contributed by atoms with Crippen molar-refractivity contribution in [3.63, 3.8) is 0 Å². The predicted octanol–water partition coefficient (Wildman–Crippen LogP) is 3.49. The van der Waals surface area contributed by atoms with Gasteiger partial charge in [0.2, 0.25) is 0 Å². The molecule has 0 heterocycles. The molecule has 24 heavy (non-hydrogen) atoms. The average Bonchev–Trinajstić information content (AvgIpc) is 2.60. The van der Waals surface area contributed by atoms with Crippen LogP contribution in [0.1, 0.15) is 28.9 Å². The van der Waals surface area contributed by atoms with Crippen molar-refractivity contribution < 1.29 is 19.1 Å². The Hall–Kier alpha value is -2.34. The van der Waals surface area contributed by atoms with Crippen LogP contribution in [0.4, 0.5) is 0 Å². The standard InChI is InChI=1S/C18H18BrNO4/c1-12(13-5-9-16(23-2)10-6-13)20-17(21)11-24-18(22)14-3-7-15(19)8-4-14/h3-10,12H,11H2,1-2H3,(H,20,21). The van der Waals surface area contributed by atoms with E-state index in [0.29, 0.717) is 5.56 Å². The van der Waals surface area contributed by atoms with Gasteiger partial charge in [-0.3, -0.25) is 4.79 Å². The molecule has 0 bridgehead atoms. The zero-order valence-electron chi connectivity index (χ0n) is 13.4. The summed E-state index contributed by atoms with van der Waals surface area (Å²) in [7, 11) is 1.60. The molecule has 1 N–H and O–H groups in total. The van der Waals surface area contributed by atoms with Gasteiger partial charge in [0.05, 0.1) is 18.7 Å². The van der Waals surface area contributed by atoms with Gasteiger partial charge >= 0.3 is 5.97 Å². The molecule has 5 nitrogen and oxygen atoms in total. The van der Waals surface area contributed by atoms with E-state index in [1.165, 1.54) is 0 Å². The second kappa shape index (κ2) is 8.49. The van der Waals surface area contributed by atoms with Crippen LogP contribution < -0.4 is 10.1 Å². The fourth-order valence-electron chi connectivity index (χ4n) is 2.06. The Kier molecular flexibility index (Phi) is 6.37. The van der Waals surface area contributed by atoms with Crippen LogP contribution in [0.15, 0.2) is 53.0 Å². The van der Waals surface area contributed by atoms with Crippen molar-refractivity contribution in [2.75, 3.05) is 13.7 Å². The summed E-state index contributed by atoms with van der Waals surface area (Å²) in [6, 6.07) is 13.9. The Morgan fingerprint density at radius 3 is 2.29 bits per heavy atom. The van der Waals surface area contributed by atoms with Crippen molar-refractivity contribution in [1.29, 1.82) is 0 Å². The van der Waals surface area contributed by atoms with Gasteiger partial charge in [0.1, 0.15) is 5.75 Å². The molecule has 0 saturated carbocycles. The molecule has 6 heteroatoms. The SMILES string of the molecule is COc1ccc(C(C)NC(=O)COC(=O)c2ccc(Br)cc2)cc1. The van der Waals surface area contributed by atoms with Crippen molar-refractivity contribution in [2.24, 2.45) is 0 Å². The molecule has 0 aromatic heterocycles. The first kappa shape index (κ1) is 18.0. The van der Waals surface area contributed by atoms with E-state index < -0.39 is 5.97 Å². The number of carbonyl (C=O) groups excluding carboxylic acids is 2. The Morgan fingerprint density at radius 2 is 1.71 bits per heavy atom. The van der Waals surface area contributed by atoms with Crippen LogP contribution in [0, 0.1) is 0 Å². The molecule has 1 atom stereocenters. The fraction of sp³-hybridized carbons (Fsp3) is 0.222. The first-order valence-electron chi connectivity index (χ1n) is 7.35. The van der Waals surface area contributed by atoms with E-state index in [4.69, 9.17) is 9.47 Å². The van der Waals surface area contributed by atoms with E-state index in [-0.39, 0.29) is 18.6 Å². The number of ether oxygens (including phenoxy) is 2. The largest absolute Gasteiger partial charge is 0.497 e. The summed E-state index contributed by atoms with van der Waals surface area (Å²) in [5, 5.41) is 2.79. The van der Waals surface area contributed by atoms with E-state index in [0.717, 1.165) is 15.8 Å². The van der Waals surface area contributed by atoms with Crippen LogP contribution in [0.3, 0.4) is 0 Å². The number of carbonyl (C=O) groups is 2. The summed E-state index contributed by atoms with van der Waals surface area (Å²) >= 11 is 3.29. The molecule has 0 saturated heterocycles. The lowest BCUT2D eigenvalue weighted by Crippen LogP contribution is -2.31. The summed E-state index contributed by atoms with van der Waals surface area (Å²) in [6.45, 7) is 1.53. The lowest BCUT2D eigenvalue weighted by Gasteiger charge is -2.15. The van der Waals surface area contributed by atoms with E-state index in [9.17, 15) is 9.59 Å². The predicted molar refractivity (Wildman–Crippen MR) is 94.0 cm³/mol. The first-order chi connectivity index (χ1) is 11.5. The van der Waals surface area contributed by atoms with Gasteiger partial charge < -0.3 is 14.8 Å². The topological polar surface area (TPSA) is 64.6 Å². The van der Waals surface area contributed by atoms with Crippen LogP contribution in [0.5, 0.6) is 5.75 Å². The third-order valence-corrected chi connectivity index (χ3v) is 3.94. The molecule has 0 fully saturated rings. The maximum atomic E-state index is 11.9. The van der Waals surface area contributed by atoms with E-state index >= 15 is 0 Å². The Balaban J connectivity index is 1.83. The number of benzene rings is 2. The summed E-state index contributed by atoms with van der Waals surface area (Å²) in [4.78, 5) is 23.8. The quantitative estimate of drug-likeness (QED) is 0.765. The number of hydrogen-bond donors (Lipinski definition) is 1. The molecule has 0 radical (unpaired) electrons. The molecule has 2 rings (SSSR count). The first-order valence-corrected chi connectivity index (χ1v) is 8.15. The minimum absolute atomic E-state index is 0.199. The highest BCUT2D eigenvalue weighted by Gasteiger charge is 2.13. The number of hydrogen-bond acceptors (Lipinski definition) is 4. The zero-order chi connectivity index (χ0) is 17.5. The van der Waals surface area contributed by atoms with Crippen LogP contribution in [0.2, 0.25) is 0 Å². The maximum absolute atomic E-state index is 11.9. The number of nitrogens with one attached hydrogen (secondary N) is 1. The number of methoxy groups -OCH3 is 1. The second-order valence-corrected chi connectivity index (χ2v) is 6.06. The molecule has 0 aliphatic carbocycles. The van der Waals surface area contributed by atoms with E-state index in [1.807, 2.05) is 31.2 Å². The summed E-state index contributed by atoms with van der Waals surface area (Å²) in [5.74, 6) is -0.140. The summed E-state index contributed by atoms with van der Waals surface area (Å²) in [5.41, 5.74) is 1.33. The van der Waals surface area contributed by atoms with Gasteiger partial charge in [-0.1, -0.05) is 28.1 Å². The zero-order valence-corrected chi connectivity index (χ0v) is 15.0. The molecule has 126 valence electrons. The lowest BCUT2D eigenvalue weighted by atomic mass is 10.1. The number of esters is 1. The smallest absolute Gasteiger partial charge is 0.338 e. The Morgan fingerprint density at radius 1 is 1.08 bits per heavy atom. The van der Waals surface area contributed by atoms with Gasteiger partial charge in [-0.2, -0.15) is 0 Å². The van der Waals surface area contributed by atoms with Gasteiger partial charge in [0, 0.05) is 4.47 Å². The molecule has 0 aliphatic heterocycles. The number of halogens is 1. The molecule has 1 unspecified atom stereocenters. The summed E-state index contributed by atoms with van der Waals surface area (Å²) < 4.78 is 11.0. The molecule has 0 aliphatic rings. The monoisotopic (exact) mass is 391 g/mol. The van der Waals surface area contributed by atoms with Crippen LogP contribution in [-0.4, -0.2) is 25.6 Å². The van der Waals surface area contributed by atoms with Crippen molar-refractivity contribution in [3.8, 4) is 5.75 Å². The molecule has 0 spiro atoms.